The van der Waals surface area contributed by atoms with E-state index in [4.69, 9.17) is 9.47 Å². The molecule has 0 spiro atoms. The van der Waals surface area contributed by atoms with Crippen LogP contribution in [0.15, 0.2) is 48.5 Å². The third-order valence-electron chi connectivity index (χ3n) is 4.31. The fourth-order valence-corrected chi connectivity index (χ4v) is 3.01. The van der Waals surface area contributed by atoms with Crippen LogP contribution in [0.5, 0.6) is 11.5 Å². The molecule has 0 unspecified atom stereocenters. The Labute approximate surface area is 158 Å². The molecule has 1 N–H and O–H groups in total. The molecule has 0 aliphatic rings. The van der Waals surface area contributed by atoms with Crippen LogP contribution in [-0.2, 0) is 6.54 Å². The lowest BCUT2D eigenvalue weighted by Gasteiger charge is -2.13. The molecule has 140 valence electrons. The lowest BCUT2D eigenvalue weighted by Crippen LogP contribution is -2.23. The van der Waals surface area contributed by atoms with Crippen molar-refractivity contribution in [2.45, 2.75) is 20.4 Å². The Morgan fingerprint density at radius 3 is 2.41 bits per heavy atom. The molecular weight excluding hydrogens is 342 g/mol. The van der Waals surface area contributed by atoms with Gasteiger partial charge in [-0.15, -0.1) is 0 Å². The molecule has 3 rings (SSSR count). The number of amides is 1. The zero-order valence-electron chi connectivity index (χ0n) is 15.9. The zero-order valence-corrected chi connectivity index (χ0v) is 15.9. The highest BCUT2D eigenvalue weighted by atomic mass is 16.5. The minimum atomic E-state index is -0.153. The summed E-state index contributed by atoms with van der Waals surface area (Å²) in [4.78, 5) is 12.5. The molecule has 0 radical (unpaired) electrons. The number of hydrogen-bond donors (Lipinski definition) is 1. The minimum absolute atomic E-state index is 0.153. The molecule has 1 amide bonds. The van der Waals surface area contributed by atoms with E-state index in [9.17, 15) is 4.79 Å². The Hall–Kier alpha value is -3.28. The van der Waals surface area contributed by atoms with E-state index >= 15 is 0 Å². The number of nitrogens with zero attached hydrogens (tertiary/aromatic N) is 2. The molecule has 1 aromatic heterocycles. The van der Waals surface area contributed by atoms with E-state index in [1.165, 1.54) is 0 Å². The average molecular weight is 365 g/mol. The van der Waals surface area contributed by atoms with Gasteiger partial charge in [-0.3, -0.25) is 4.79 Å². The Morgan fingerprint density at radius 2 is 1.81 bits per heavy atom. The predicted octanol–water partition coefficient (Wildman–Crippen LogP) is 3.44. The van der Waals surface area contributed by atoms with Crippen LogP contribution in [-0.4, -0.2) is 29.9 Å². The van der Waals surface area contributed by atoms with Gasteiger partial charge in [0.25, 0.3) is 5.91 Å². The molecule has 27 heavy (non-hydrogen) atoms. The summed E-state index contributed by atoms with van der Waals surface area (Å²) in [6.45, 7) is 4.30. The summed E-state index contributed by atoms with van der Waals surface area (Å²) in [6, 6.07) is 15.0. The van der Waals surface area contributed by atoms with Crippen molar-refractivity contribution in [1.82, 2.24) is 15.1 Å². The summed E-state index contributed by atoms with van der Waals surface area (Å²) in [7, 11) is 3.17. The molecule has 0 atom stereocenters. The highest BCUT2D eigenvalue weighted by Crippen LogP contribution is 2.30. The topological polar surface area (TPSA) is 65.4 Å². The number of ether oxygens (including phenoxy) is 2. The third kappa shape index (κ3) is 3.95. The maximum Gasteiger partial charge on any atom is 0.251 e. The SMILES string of the molecule is COc1cccc(CNC(=O)c2ccc(-n3nc(C)cc3C)cc2)c1OC. The molecule has 1 heterocycles. The fourth-order valence-electron chi connectivity index (χ4n) is 3.01. The van der Waals surface area contributed by atoms with Gasteiger partial charge in [0, 0.05) is 23.4 Å². The van der Waals surface area contributed by atoms with Crippen molar-refractivity contribution in [1.29, 1.82) is 0 Å². The van der Waals surface area contributed by atoms with Crippen LogP contribution in [0.25, 0.3) is 5.69 Å². The van der Waals surface area contributed by atoms with Crippen molar-refractivity contribution in [3.63, 3.8) is 0 Å². The van der Waals surface area contributed by atoms with E-state index in [1.807, 2.05) is 54.9 Å². The molecule has 0 fully saturated rings. The van der Waals surface area contributed by atoms with Crippen molar-refractivity contribution in [3.05, 3.63) is 71.0 Å². The van der Waals surface area contributed by atoms with Gasteiger partial charge in [-0.1, -0.05) is 12.1 Å². The lowest BCUT2D eigenvalue weighted by molar-refractivity contribution is 0.0950. The van der Waals surface area contributed by atoms with E-state index in [1.54, 1.807) is 26.4 Å². The van der Waals surface area contributed by atoms with Crippen molar-refractivity contribution in [2.24, 2.45) is 0 Å². The van der Waals surface area contributed by atoms with E-state index in [0.717, 1.165) is 22.6 Å². The largest absolute Gasteiger partial charge is 0.493 e. The van der Waals surface area contributed by atoms with Crippen molar-refractivity contribution < 1.29 is 14.3 Å². The first kappa shape index (κ1) is 18.5. The molecular formula is C21H23N3O3. The second-order valence-corrected chi connectivity index (χ2v) is 6.22. The first-order chi connectivity index (χ1) is 13.0. The van der Waals surface area contributed by atoms with Crippen LogP contribution >= 0.6 is 0 Å². The minimum Gasteiger partial charge on any atom is -0.493 e. The number of aryl methyl sites for hydroxylation is 2. The first-order valence-electron chi connectivity index (χ1n) is 8.65. The molecule has 0 saturated carbocycles. The van der Waals surface area contributed by atoms with Gasteiger partial charge >= 0.3 is 0 Å². The Balaban J connectivity index is 1.71. The van der Waals surface area contributed by atoms with Gasteiger partial charge in [-0.05, 0) is 50.2 Å². The fraction of sp³-hybridized carbons (Fsp3) is 0.238. The number of benzene rings is 2. The number of carbonyl (C=O) groups excluding carboxylic acids is 1. The van der Waals surface area contributed by atoms with Gasteiger partial charge in [0.05, 0.1) is 25.6 Å². The molecule has 0 aliphatic heterocycles. The van der Waals surface area contributed by atoms with Crippen LogP contribution < -0.4 is 14.8 Å². The number of aromatic nitrogens is 2. The van der Waals surface area contributed by atoms with Crippen molar-refractivity contribution in [2.75, 3.05) is 14.2 Å². The van der Waals surface area contributed by atoms with E-state index in [0.29, 0.717) is 23.6 Å². The number of methoxy groups -OCH3 is 2. The summed E-state index contributed by atoms with van der Waals surface area (Å²) in [5, 5.41) is 7.38. The Morgan fingerprint density at radius 1 is 1.07 bits per heavy atom. The quantitative estimate of drug-likeness (QED) is 0.727. The van der Waals surface area contributed by atoms with Crippen molar-refractivity contribution >= 4 is 5.91 Å². The lowest BCUT2D eigenvalue weighted by atomic mass is 10.1. The van der Waals surface area contributed by atoms with E-state index in [2.05, 4.69) is 10.4 Å². The molecule has 2 aromatic carbocycles. The maximum atomic E-state index is 12.5. The number of nitrogens with one attached hydrogen (secondary N) is 1. The summed E-state index contributed by atoms with van der Waals surface area (Å²) < 4.78 is 12.5. The summed E-state index contributed by atoms with van der Waals surface area (Å²) in [5.41, 5.74) is 4.37. The third-order valence-corrected chi connectivity index (χ3v) is 4.31. The number of para-hydroxylation sites is 1. The number of hydrogen-bond acceptors (Lipinski definition) is 4. The smallest absolute Gasteiger partial charge is 0.251 e. The first-order valence-corrected chi connectivity index (χ1v) is 8.65. The van der Waals surface area contributed by atoms with Gasteiger partial charge in [-0.25, -0.2) is 4.68 Å². The zero-order chi connectivity index (χ0) is 19.4. The second-order valence-electron chi connectivity index (χ2n) is 6.22. The van der Waals surface area contributed by atoms with Crippen LogP contribution in [0.3, 0.4) is 0 Å². The van der Waals surface area contributed by atoms with Gasteiger partial charge in [0.2, 0.25) is 0 Å². The van der Waals surface area contributed by atoms with Crippen LogP contribution in [0.1, 0.15) is 27.3 Å². The molecule has 0 aliphatic carbocycles. The normalized spacial score (nSPS) is 10.5. The maximum absolute atomic E-state index is 12.5. The molecule has 0 bridgehead atoms. The Kier molecular flexibility index (Phi) is 5.45. The number of carbonyl (C=O) groups is 1. The molecule has 6 heteroatoms. The van der Waals surface area contributed by atoms with Gasteiger partial charge in [-0.2, -0.15) is 5.10 Å². The van der Waals surface area contributed by atoms with Gasteiger partial charge in [0.1, 0.15) is 0 Å². The van der Waals surface area contributed by atoms with Crippen LogP contribution in [0, 0.1) is 13.8 Å². The molecule has 3 aromatic rings. The Bertz CT molecular complexity index is 946. The summed E-state index contributed by atoms with van der Waals surface area (Å²) >= 11 is 0. The van der Waals surface area contributed by atoms with E-state index in [-0.39, 0.29) is 5.91 Å². The average Bonchev–Trinajstić information content (AvgIpc) is 3.03. The highest BCUT2D eigenvalue weighted by Gasteiger charge is 2.12. The second kappa shape index (κ2) is 7.95. The highest BCUT2D eigenvalue weighted by molar-refractivity contribution is 5.94. The molecule has 0 saturated heterocycles. The van der Waals surface area contributed by atoms with Crippen molar-refractivity contribution in [3.8, 4) is 17.2 Å². The summed E-state index contributed by atoms with van der Waals surface area (Å²) in [6.07, 6.45) is 0. The van der Waals surface area contributed by atoms with Crippen LogP contribution in [0.4, 0.5) is 0 Å². The van der Waals surface area contributed by atoms with E-state index < -0.39 is 0 Å². The summed E-state index contributed by atoms with van der Waals surface area (Å²) in [5.74, 6) is 1.11. The van der Waals surface area contributed by atoms with Gasteiger partial charge < -0.3 is 14.8 Å². The standard InChI is InChI=1S/C21H23N3O3/c1-14-12-15(2)24(23-14)18-10-8-16(9-11-18)21(25)22-13-17-6-5-7-19(26-3)20(17)27-4/h5-12H,13H2,1-4H3,(H,22,25). The predicted molar refractivity (Wildman–Crippen MR) is 104 cm³/mol. The molecule has 6 nitrogen and oxygen atoms in total. The van der Waals surface area contributed by atoms with Crippen LogP contribution in [0.2, 0.25) is 0 Å². The number of rotatable bonds is 6. The van der Waals surface area contributed by atoms with Gasteiger partial charge in [0.15, 0.2) is 11.5 Å². The monoisotopic (exact) mass is 365 g/mol.